The lowest BCUT2D eigenvalue weighted by atomic mass is 9.92. The van der Waals surface area contributed by atoms with Crippen molar-refractivity contribution < 1.29 is 5.11 Å². The topological polar surface area (TPSA) is 23.5 Å². The maximum Gasteiger partial charge on any atom is 0.0788 e. The highest BCUT2D eigenvalue weighted by Crippen LogP contribution is 2.26. The zero-order valence-corrected chi connectivity index (χ0v) is 7.80. The quantitative estimate of drug-likeness (QED) is 0.649. The first-order valence-corrected chi connectivity index (χ1v) is 4.43. The predicted molar refractivity (Wildman–Crippen MR) is 46.5 cm³/mol. The van der Waals surface area contributed by atoms with Gasteiger partial charge in [0, 0.05) is 13.1 Å². The molecule has 1 saturated heterocycles. The molecule has 0 aromatic rings. The molecule has 1 aliphatic heterocycles. The summed E-state index contributed by atoms with van der Waals surface area (Å²) >= 11 is 0. The Morgan fingerprint density at radius 2 is 2.18 bits per heavy atom. The van der Waals surface area contributed by atoms with Gasteiger partial charge in [-0.05, 0) is 25.8 Å². The molecule has 1 fully saturated rings. The predicted octanol–water partition coefficient (Wildman–Crippen LogP) is 1.10. The van der Waals surface area contributed by atoms with Crippen LogP contribution in [-0.2, 0) is 0 Å². The molecule has 1 rings (SSSR count). The van der Waals surface area contributed by atoms with Crippen LogP contribution in [0.1, 0.15) is 26.7 Å². The van der Waals surface area contributed by atoms with Gasteiger partial charge < -0.3 is 10.0 Å². The summed E-state index contributed by atoms with van der Waals surface area (Å²) in [5.74, 6) is 0.603. The van der Waals surface area contributed by atoms with Crippen molar-refractivity contribution in [3.05, 3.63) is 0 Å². The van der Waals surface area contributed by atoms with E-state index in [1.807, 2.05) is 0 Å². The van der Waals surface area contributed by atoms with Crippen LogP contribution >= 0.6 is 0 Å². The maximum absolute atomic E-state index is 9.99. The summed E-state index contributed by atoms with van der Waals surface area (Å²) in [5, 5.41) is 9.99. The van der Waals surface area contributed by atoms with E-state index in [2.05, 4.69) is 25.8 Å². The molecular formula is C9H19NO. The Hall–Kier alpha value is -0.0800. The molecule has 0 saturated carbocycles. The van der Waals surface area contributed by atoms with Crippen molar-refractivity contribution in [1.82, 2.24) is 4.90 Å². The number of rotatable bonds is 2. The second kappa shape index (κ2) is 3.11. The smallest absolute Gasteiger partial charge is 0.0788 e. The molecule has 1 N–H and O–H groups in total. The molecule has 11 heavy (non-hydrogen) atoms. The molecule has 1 aliphatic rings. The van der Waals surface area contributed by atoms with E-state index in [1.165, 1.54) is 0 Å². The number of likely N-dealkylation sites (tertiary alicyclic amines) is 1. The number of hydrogen-bond acceptors (Lipinski definition) is 2. The minimum atomic E-state index is -0.386. The molecule has 1 heterocycles. The average Bonchev–Trinajstić information content (AvgIpc) is 2.08. The van der Waals surface area contributed by atoms with Gasteiger partial charge in [-0.25, -0.2) is 0 Å². The molecule has 66 valence electrons. The lowest BCUT2D eigenvalue weighted by molar-refractivity contribution is 0.0312. The van der Waals surface area contributed by atoms with Crippen molar-refractivity contribution in [2.75, 3.05) is 20.1 Å². The van der Waals surface area contributed by atoms with E-state index in [9.17, 15) is 5.11 Å². The van der Waals surface area contributed by atoms with Crippen LogP contribution in [0.3, 0.4) is 0 Å². The number of nitrogens with zero attached hydrogens (tertiary/aromatic N) is 1. The fourth-order valence-electron chi connectivity index (χ4n) is 1.99. The molecule has 0 spiro atoms. The van der Waals surface area contributed by atoms with E-state index >= 15 is 0 Å². The summed E-state index contributed by atoms with van der Waals surface area (Å²) in [6.45, 7) is 6.22. The van der Waals surface area contributed by atoms with Gasteiger partial charge in [0.1, 0.15) is 0 Å². The minimum absolute atomic E-state index is 0.386. The highest BCUT2D eigenvalue weighted by atomic mass is 16.3. The van der Waals surface area contributed by atoms with Crippen molar-refractivity contribution in [1.29, 1.82) is 0 Å². The standard InChI is InChI=1S/C9H19NO/c1-8(2)6-9(11)4-5-10(3)7-9/h8,11H,4-7H2,1-3H3. The van der Waals surface area contributed by atoms with E-state index in [-0.39, 0.29) is 5.60 Å². The minimum Gasteiger partial charge on any atom is -0.388 e. The monoisotopic (exact) mass is 157 g/mol. The average molecular weight is 157 g/mol. The van der Waals surface area contributed by atoms with Crippen molar-refractivity contribution in [3.63, 3.8) is 0 Å². The Kier molecular flexibility index (Phi) is 2.55. The number of aliphatic hydroxyl groups is 1. The SMILES string of the molecule is CC(C)CC1(O)CCN(C)C1. The van der Waals surface area contributed by atoms with Gasteiger partial charge in [0.25, 0.3) is 0 Å². The molecule has 0 aliphatic carbocycles. The molecule has 0 amide bonds. The Balaban J connectivity index is 2.42. The summed E-state index contributed by atoms with van der Waals surface area (Å²) in [5.41, 5.74) is -0.386. The largest absolute Gasteiger partial charge is 0.388 e. The molecule has 2 heteroatoms. The van der Waals surface area contributed by atoms with Crippen LogP contribution in [0.2, 0.25) is 0 Å². The third-order valence-corrected chi connectivity index (χ3v) is 2.31. The Bertz CT molecular complexity index is 136. The first kappa shape index (κ1) is 9.01. The van der Waals surface area contributed by atoms with Crippen LogP contribution < -0.4 is 0 Å². The second-order valence-corrected chi connectivity index (χ2v) is 4.31. The van der Waals surface area contributed by atoms with E-state index in [0.717, 1.165) is 25.9 Å². The van der Waals surface area contributed by atoms with Gasteiger partial charge in [0.15, 0.2) is 0 Å². The first-order chi connectivity index (χ1) is 5.02. The lowest BCUT2D eigenvalue weighted by Gasteiger charge is -2.24. The van der Waals surface area contributed by atoms with Crippen molar-refractivity contribution in [2.45, 2.75) is 32.3 Å². The molecule has 0 aromatic heterocycles. The second-order valence-electron chi connectivity index (χ2n) is 4.31. The van der Waals surface area contributed by atoms with Gasteiger partial charge >= 0.3 is 0 Å². The van der Waals surface area contributed by atoms with Crippen LogP contribution in [0.25, 0.3) is 0 Å². The van der Waals surface area contributed by atoms with E-state index in [4.69, 9.17) is 0 Å². The normalized spacial score (nSPS) is 33.5. The van der Waals surface area contributed by atoms with Gasteiger partial charge in [0.2, 0.25) is 0 Å². The summed E-state index contributed by atoms with van der Waals surface area (Å²) in [6, 6.07) is 0. The van der Waals surface area contributed by atoms with E-state index in [1.54, 1.807) is 0 Å². The summed E-state index contributed by atoms with van der Waals surface area (Å²) in [6.07, 6.45) is 1.89. The zero-order valence-electron chi connectivity index (χ0n) is 7.80. The van der Waals surface area contributed by atoms with Gasteiger partial charge in [-0.2, -0.15) is 0 Å². The molecule has 0 bridgehead atoms. The van der Waals surface area contributed by atoms with Crippen LogP contribution in [0, 0.1) is 5.92 Å². The molecule has 2 nitrogen and oxygen atoms in total. The van der Waals surface area contributed by atoms with E-state index < -0.39 is 0 Å². The third-order valence-electron chi connectivity index (χ3n) is 2.31. The third kappa shape index (κ3) is 2.46. The molecule has 1 unspecified atom stereocenters. The Morgan fingerprint density at radius 1 is 1.55 bits per heavy atom. The zero-order chi connectivity index (χ0) is 8.48. The lowest BCUT2D eigenvalue weighted by Crippen LogP contribution is -2.33. The number of likely N-dealkylation sites (N-methyl/N-ethyl adjacent to an activating group) is 1. The van der Waals surface area contributed by atoms with Crippen molar-refractivity contribution in [2.24, 2.45) is 5.92 Å². The van der Waals surface area contributed by atoms with Crippen LogP contribution in [0.5, 0.6) is 0 Å². The van der Waals surface area contributed by atoms with Crippen LogP contribution in [0.15, 0.2) is 0 Å². The molecule has 1 atom stereocenters. The molecular weight excluding hydrogens is 138 g/mol. The first-order valence-electron chi connectivity index (χ1n) is 4.43. The van der Waals surface area contributed by atoms with E-state index in [0.29, 0.717) is 5.92 Å². The summed E-state index contributed by atoms with van der Waals surface area (Å²) < 4.78 is 0. The van der Waals surface area contributed by atoms with Crippen LogP contribution in [-0.4, -0.2) is 35.7 Å². The molecule has 0 radical (unpaired) electrons. The summed E-state index contributed by atoms with van der Waals surface area (Å²) in [4.78, 5) is 2.20. The fourth-order valence-corrected chi connectivity index (χ4v) is 1.99. The highest BCUT2D eigenvalue weighted by molar-refractivity contribution is 4.89. The van der Waals surface area contributed by atoms with Gasteiger partial charge in [0.05, 0.1) is 5.60 Å². The van der Waals surface area contributed by atoms with Crippen LogP contribution in [0.4, 0.5) is 0 Å². The fraction of sp³-hybridized carbons (Fsp3) is 1.00. The maximum atomic E-state index is 9.99. The number of hydrogen-bond donors (Lipinski definition) is 1. The van der Waals surface area contributed by atoms with Crippen molar-refractivity contribution in [3.8, 4) is 0 Å². The molecule has 0 aromatic carbocycles. The summed E-state index contributed by atoms with van der Waals surface area (Å²) in [7, 11) is 2.07. The van der Waals surface area contributed by atoms with Gasteiger partial charge in [-0.1, -0.05) is 13.8 Å². The highest BCUT2D eigenvalue weighted by Gasteiger charge is 2.34. The van der Waals surface area contributed by atoms with Crippen molar-refractivity contribution >= 4 is 0 Å². The van der Waals surface area contributed by atoms with Gasteiger partial charge in [-0.15, -0.1) is 0 Å². The Labute approximate surface area is 69.2 Å². The number of β-amino-alcohol motifs (C(OH)–C–C–N with tert-alkyl or cyclic N) is 1. The Morgan fingerprint density at radius 3 is 2.55 bits per heavy atom. The van der Waals surface area contributed by atoms with Gasteiger partial charge in [-0.3, -0.25) is 0 Å².